The van der Waals surface area contributed by atoms with Crippen molar-refractivity contribution in [2.24, 2.45) is 0 Å². The van der Waals surface area contributed by atoms with E-state index in [0.29, 0.717) is 22.0 Å². The van der Waals surface area contributed by atoms with Crippen LogP contribution in [0.2, 0.25) is 5.02 Å². The van der Waals surface area contributed by atoms with Crippen molar-refractivity contribution in [3.05, 3.63) is 53.1 Å². The number of halogens is 1. The molecule has 0 amide bonds. The molecule has 0 fully saturated rings. The van der Waals surface area contributed by atoms with Crippen molar-refractivity contribution < 1.29 is 4.79 Å². The van der Waals surface area contributed by atoms with Crippen molar-refractivity contribution in [2.45, 2.75) is 0 Å². The van der Waals surface area contributed by atoms with Gasteiger partial charge in [0.1, 0.15) is 5.69 Å². The minimum Gasteiger partial charge on any atom is -0.398 e. The fraction of sp³-hybridized carbons (Fsp3) is 0. The lowest BCUT2D eigenvalue weighted by Gasteiger charge is -2.02. The summed E-state index contributed by atoms with van der Waals surface area (Å²) in [6.07, 6.45) is 4.37. The minimum atomic E-state index is -0.262. The number of anilines is 1. The van der Waals surface area contributed by atoms with Crippen LogP contribution < -0.4 is 5.73 Å². The monoisotopic (exact) mass is 233 g/mol. The first kappa shape index (κ1) is 10.6. The van der Waals surface area contributed by atoms with Gasteiger partial charge in [-0.25, -0.2) is 0 Å². The summed E-state index contributed by atoms with van der Waals surface area (Å²) in [6.45, 7) is 0. The lowest BCUT2D eigenvalue weighted by atomic mass is 10.1. The first-order chi connectivity index (χ1) is 7.68. The Morgan fingerprint density at radius 2 is 2.06 bits per heavy atom. The van der Waals surface area contributed by atoms with Crippen molar-refractivity contribution >= 4 is 23.1 Å². The molecule has 0 saturated heterocycles. The van der Waals surface area contributed by atoms with Crippen LogP contribution in [0.3, 0.4) is 0 Å². The average molecular weight is 234 g/mol. The molecule has 80 valence electrons. The number of hydrogen-bond donors (Lipinski definition) is 1. The Kier molecular flexibility index (Phi) is 2.83. The highest BCUT2D eigenvalue weighted by Gasteiger charge is 2.13. The third-order valence-corrected chi connectivity index (χ3v) is 2.28. The molecule has 0 atom stereocenters. The number of aromatic nitrogens is 2. The molecule has 0 saturated carbocycles. The van der Waals surface area contributed by atoms with Gasteiger partial charge in [-0.05, 0) is 18.2 Å². The first-order valence-corrected chi connectivity index (χ1v) is 4.92. The Labute approximate surface area is 97.1 Å². The van der Waals surface area contributed by atoms with Gasteiger partial charge in [-0.2, -0.15) is 0 Å². The molecule has 5 heteroatoms. The summed E-state index contributed by atoms with van der Waals surface area (Å²) in [5, 5.41) is 0.482. The molecule has 0 bridgehead atoms. The van der Waals surface area contributed by atoms with E-state index in [2.05, 4.69) is 9.97 Å². The van der Waals surface area contributed by atoms with Gasteiger partial charge in [-0.3, -0.25) is 14.8 Å². The van der Waals surface area contributed by atoms with Crippen molar-refractivity contribution in [1.82, 2.24) is 9.97 Å². The number of carbonyl (C=O) groups excluding carboxylic acids is 1. The second kappa shape index (κ2) is 4.28. The third-order valence-electron chi connectivity index (χ3n) is 2.06. The lowest BCUT2D eigenvalue weighted by Crippen LogP contribution is -2.07. The van der Waals surface area contributed by atoms with E-state index in [9.17, 15) is 4.79 Å². The Morgan fingerprint density at radius 1 is 1.25 bits per heavy atom. The third kappa shape index (κ3) is 2.01. The van der Waals surface area contributed by atoms with Gasteiger partial charge in [0.15, 0.2) is 0 Å². The van der Waals surface area contributed by atoms with E-state index in [0.717, 1.165) is 0 Å². The number of pyridine rings is 2. The van der Waals surface area contributed by atoms with E-state index in [4.69, 9.17) is 17.3 Å². The summed E-state index contributed by atoms with van der Waals surface area (Å²) in [7, 11) is 0. The van der Waals surface area contributed by atoms with Crippen molar-refractivity contribution in [1.29, 1.82) is 0 Å². The van der Waals surface area contributed by atoms with Gasteiger partial charge in [-0.1, -0.05) is 11.6 Å². The molecular weight excluding hydrogens is 226 g/mol. The average Bonchev–Trinajstić information content (AvgIpc) is 2.30. The van der Waals surface area contributed by atoms with E-state index in [1.54, 1.807) is 18.2 Å². The number of carbonyl (C=O) groups is 1. The number of nitrogen functional groups attached to an aromatic ring is 1. The SMILES string of the molecule is Nc1ccncc1C(=O)c1ccc(Cl)cn1. The maximum Gasteiger partial charge on any atom is 0.214 e. The lowest BCUT2D eigenvalue weighted by molar-refractivity contribution is 0.103. The predicted molar refractivity (Wildman–Crippen MR) is 61.3 cm³/mol. The van der Waals surface area contributed by atoms with E-state index < -0.39 is 0 Å². The summed E-state index contributed by atoms with van der Waals surface area (Å²) in [4.78, 5) is 19.7. The molecule has 2 aromatic heterocycles. The summed E-state index contributed by atoms with van der Waals surface area (Å²) >= 11 is 5.68. The fourth-order valence-electron chi connectivity index (χ4n) is 1.24. The highest BCUT2D eigenvalue weighted by Crippen LogP contribution is 2.14. The van der Waals surface area contributed by atoms with Crippen LogP contribution in [0.25, 0.3) is 0 Å². The molecule has 0 unspecified atom stereocenters. The molecule has 0 spiro atoms. The number of ketones is 1. The van der Waals surface area contributed by atoms with Crippen LogP contribution in [0.4, 0.5) is 5.69 Å². The summed E-state index contributed by atoms with van der Waals surface area (Å²) in [5.41, 5.74) is 6.70. The van der Waals surface area contributed by atoms with Crippen LogP contribution in [0.1, 0.15) is 16.1 Å². The Bertz CT molecular complexity index is 525. The van der Waals surface area contributed by atoms with Crippen LogP contribution in [-0.2, 0) is 0 Å². The first-order valence-electron chi connectivity index (χ1n) is 4.54. The summed E-state index contributed by atoms with van der Waals surface area (Å²) in [6, 6.07) is 4.73. The summed E-state index contributed by atoms with van der Waals surface area (Å²) in [5.74, 6) is -0.262. The summed E-state index contributed by atoms with van der Waals surface area (Å²) < 4.78 is 0. The molecule has 4 nitrogen and oxygen atoms in total. The van der Waals surface area contributed by atoms with Crippen molar-refractivity contribution in [3.8, 4) is 0 Å². The van der Waals surface area contributed by atoms with E-state index in [1.807, 2.05) is 0 Å². The highest BCUT2D eigenvalue weighted by molar-refractivity contribution is 6.30. The van der Waals surface area contributed by atoms with E-state index >= 15 is 0 Å². The second-order valence-electron chi connectivity index (χ2n) is 3.15. The standard InChI is InChI=1S/C11H8ClN3O/c12-7-1-2-10(15-5-7)11(16)8-6-14-4-3-9(8)13/h1-6H,(H2,13,14). The highest BCUT2D eigenvalue weighted by atomic mass is 35.5. The Hall–Kier alpha value is -1.94. The number of rotatable bonds is 2. The molecular formula is C11H8ClN3O. The maximum atomic E-state index is 12.0. The minimum absolute atomic E-state index is 0.262. The molecule has 0 aliphatic rings. The molecule has 16 heavy (non-hydrogen) atoms. The van der Waals surface area contributed by atoms with Gasteiger partial charge in [0, 0.05) is 24.3 Å². The topological polar surface area (TPSA) is 68.9 Å². The van der Waals surface area contributed by atoms with Gasteiger partial charge in [0.2, 0.25) is 5.78 Å². The molecule has 0 aromatic carbocycles. The van der Waals surface area contributed by atoms with Crippen molar-refractivity contribution in [3.63, 3.8) is 0 Å². The van der Waals surface area contributed by atoms with Crippen LogP contribution in [-0.4, -0.2) is 15.8 Å². The zero-order valence-corrected chi connectivity index (χ0v) is 8.98. The molecule has 2 aromatic rings. The van der Waals surface area contributed by atoms with Crippen LogP contribution in [0.5, 0.6) is 0 Å². The molecule has 0 aliphatic heterocycles. The van der Waals surface area contributed by atoms with Gasteiger partial charge in [-0.15, -0.1) is 0 Å². The fourth-order valence-corrected chi connectivity index (χ4v) is 1.35. The van der Waals surface area contributed by atoms with E-state index in [-0.39, 0.29) is 5.78 Å². The number of nitrogens with two attached hydrogens (primary N) is 1. The maximum absolute atomic E-state index is 12.0. The number of hydrogen-bond acceptors (Lipinski definition) is 4. The van der Waals surface area contributed by atoms with Gasteiger partial charge in [0.05, 0.1) is 10.6 Å². The van der Waals surface area contributed by atoms with Gasteiger partial charge >= 0.3 is 0 Å². The second-order valence-corrected chi connectivity index (χ2v) is 3.59. The molecule has 0 radical (unpaired) electrons. The number of nitrogens with zero attached hydrogens (tertiary/aromatic N) is 2. The zero-order valence-electron chi connectivity index (χ0n) is 8.22. The largest absolute Gasteiger partial charge is 0.398 e. The van der Waals surface area contributed by atoms with Gasteiger partial charge in [0.25, 0.3) is 0 Å². The van der Waals surface area contributed by atoms with Gasteiger partial charge < -0.3 is 5.73 Å². The van der Waals surface area contributed by atoms with Crippen LogP contribution >= 0.6 is 11.6 Å². The Morgan fingerprint density at radius 3 is 2.69 bits per heavy atom. The van der Waals surface area contributed by atoms with Crippen LogP contribution in [0, 0.1) is 0 Å². The molecule has 0 aliphatic carbocycles. The molecule has 2 heterocycles. The molecule has 2 rings (SSSR count). The predicted octanol–water partition coefficient (Wildman–Crippen LogP) is 1.94. The normalized spacial score (nSPS) is 10.1. The smallest absolute Gasteiger partial charge is 0.214 e. The van der Waals surface area contributed by atoms with E-state index in [1.165, 1.54) is 18.6 Å². The van der Waals surface area contributed by atoms with Crippen LogP contribution in [0.15, 0.2) is 36.8 Å². The Balaban J connectivity index is 2.40. The molecule has 2 N–H and O–H groups in total. The quantitative estimate of drug-likeness (QED) is 0.805. The van der Waals surface area contributed by atoms with Crippen molar-refractivity contribution in [2.75, 3.05) is 5.73 Å². The zero-order chi connectivity index (χ0) is 11.5.